The van der Waals surface area contributed by atoms with E-state index in [4.69, 9.17) is 4.74 Å². The first-order chi connectivity index (χ1) is 12.2. The maximum Gasteiger partial charge on any atom is 0.325 e. The highest BCUT2D eigenvalue weighted by Gasteiger charge is 2.30. The molecule has 0 saturated carbocycles. The summed E-state index contributed by atoms with van der Waals surface area (Å²) in [6.45, 7) is 4.11. The molecule has 1 aliphatic heterocycles. The summed E-state index contributed by atoms with van der Waals surface area (Å²) in [5, 5.41) is 9.66. The number of rotatable bonds is 6. The van der Waals surface area contributed by atoms with Gasteiger partial charge in [0.05, 0.1) is 7.11 Å². The topological polar surface area (TPSA) is 53.0 Å². The van der Waals surface area contributed by atoms with Crippen molar-refractivity contribution in [2.75, 3.05) is 33.3 Å². The molecule has 1 unspecified atom stereocenters. The first-order valence-electron chi connectivity index (χ1n) is 8.54. The minimum atomic E-state index is -0.783. The zero-order valence-electron chi connectivity index (χ0n) is 14.5. The molecule has 132 valence electrons. The van der Waals surface area contributed by atoms with Crippen LogP contribution >= 0.6 is 0 Å². The molecule has 3 rings (SSSR count). The zero-order valence-corrected chi connectivity index (χ0v) is 14.5. The van der Waals surface area contributed by atoms with E-state index in [1.165, 1.54) is 5.56 Å². The number of nitrogens with zero attached hydrogens (tertiary/aromatic N) is 2. The van der Waals surface area contributed by atoms with Gasteiger partial charge in [-0.25, -0.2) is 0 Å². The Bertz CT molecular complexity index is 680. The lowest BCUT2D eigenvalue weighted by molar-refractivity contribution is -0.144. The smallest absolute Gasteiger partial charge is 0.325 e. The van der Waals surface area contributed by atoms with Crippen molar-refractivity contribution in [1.29, 1.82) is 0 Å². The van der Waals surface area contributed by atoms with E-state index < -0.39 is 12.0 Å². The van der Waals surface area contributed by atoms with Crippen molar-refractivity contribution in [3.63, 3.8) is 0 Å². The molecule has 0 radical (unpaired) electrons. The van der Waals surface area contributed by atoms with Crippen molar-refractivity contribution < 1.29 is 14.6 Å². The molecule has 0 bridgehead atoms. The van der Waals surface area contributed by atoms with E-state index in [1.54, 1.807) is 7.11 Å². The second-order valence-electron chi connectivity index (χ2n) is 6.31. The molecule has 2 aromatic rings. The molecule has 0 amide bonds. The highest BCUT2D eigenvalue weighted by molar-refractivity contribution is 5.75. The van der Waals surface area contributed by atoms with Gasteiger partial charge in [0.1, 0.15) is 11.8 Å². The Morgan fingerprint density at radius 1 is 1.04 bits per heavy atom. The molecule has 1 fully saturated rings. The molecular formula is C20H24N2O3. The van der Waals surface area contributed by atoms with Crippen molar-refractivity contribution in [1.82, 2.24) is 9.80 Å². The van der Waals surface area contributed by atoms with Gasteiger partial charge in [0.25, 0.3) is 0 Å². The fourth-order valence-corrected chi connectivity index (χ4v) is 3.31. The van der Waals surface area contributed by atoms with Gasteiger partial charge in [0, 0.05) is 32.7 Å². The molecule has 0 aromatic heterocycles. The summed E-state index contributed by atoms with van der Waals surface area (Å²) in [6.07, 6.45) is 0. The van der Waals surface area contributed by atoms with Crippen LogP contribution < -0.4 is 4.74 Å². The summed E-state index contributed by atoms with van der Waals surface area (Å²) in [5.74, 6) is 0.0792. The zero-order chi connectivity index (χ0) is 17.6. The average Bonchev–Trinajstić information content (AvgIpc) is 2.65. The predicted molar refractivity (Wildman–Crippen MR) is 96.7 cm³/mol. The van der Waals surface area contributed by atoms with Crippen molar-refractivity contribution in [3.8, 4) is 5.75 Å². The van der Waals surface area contributed by atoms with E-state index in [0.717, 1.165) is 44.0 Å². The number of benzene rings is 2. The van der Waals surface area contributed by atoms with Gasteiger partial charge in [-0.2, -0.15) is 0 Å². The van der Waals surface area contributed by atoms with E-state index in [9.17, 15) is 9.90 Å². The lowest BCUT2D eigenvalue weighted by atomic mass is 10.0. The molecule has 1 aliphatic rings. The van der Waals surface area contributed by atoms with Crippen molar-refractivity contribution in [2.24, 2.45) is 0 Å². The number of hydrogen-bond acceptors (Lipinski definition) is 4. The van der Waals surface area contributed by atoms with E-state index in [-0.39, 0.29) is 0 Å². The minimum Gasteiger partial charge on any atom is -0.497 e. The molecule has 1 heterocycles. The van der Waals surface area contributed by atoms with Gasteiger partial charge < -0.3 is 9.84 Å². The van der Waals surface area contributed by atoms with Gasteiger partial charge in [-0.15, -0.1) is 0 Å². The number of carboxylic acid groups (broad SMARTS) is 1. The molecule has 5 heteroatoms. The van der Waals surface area contributed by atoms with E-state index in [0.29, 0.717) is 0 Å². The number of piperazine rings is 1. The van der Waals surface area contributed by atoms with Crippen molar-refractivity contribution in [2.45, 2.75) is 12.6 Å². The fourth-order valence-electron chi connectivity index (χ4n) is 3.31. The van der Waals surface area contributed by atoms with Crippen LogP contribution in [0.5, 0.6) is 5.75 Å². The molecule has 5 nitrogen and oxygen atoms in total. The second-order valence-corrected chi connectivity index (χ2v) is 6.31. The Hall–Kier alpha value is -2.37. The average molecular weight is 340 g/mol. The Morgan fingerprint density at radius 2 is 1.68 bits per heavy atom. The minimum absolute atomic E-state index is 0.565. The second kappa shape index (κ2) is 8.14. The van der Waals surface area contributed by atoms with Gasteiger partial charge in [-0.05, 0) is 23.3 Å². The summed E-state index contributed by atoms with van der Waals surface area (Å²) < 4.78 is 5.19. The molecule has 25 heavy (non-hydrogen) atoms. The van der Waals surface area contributed by atoms with Crippen LogP contribution in [-0.2, 0) is 11.3 Å². The highest BCUT2D eigenvalue weighted by Crippen LogP contribution is 2.23. The van der Waals surface area contributed by atoms with Crippen molar-refractivity contribution in [3.05, 3.63) is 65.7 Å². The predicted octanol–water partition coefficient (Wildman–Crippen LogP) is 2.64. The lowest BCUT2D eigenvalue weighted by Gasteiger charge is -2.37. The Kier molecular flexibility index (Phi) is 5.68. The van der Waals surface area contributed by atoms with Gasteiger partial charge in [-0.3, -0.25) is 14.6 Å². The quantitative estimate of drug-likeness (QED) is 0.876. The largest absolute Gasteiger partial charge is 0.497 e. The van der Waals surface area contributed by atoms with Crippen molar-refractivity contribution >= 4 is 5.97 Å². The third kappa shape index (κ3) is 4.38. The van der Waals surface area contributed by atoms with Crippen LogP contribution in [0.25, 0.3) is 0 Å². The van der Waals surface area contributed by atoms with Gasteiger partial charge in [0.2, 0.25) is 0 Å². The van der Waals surface area contributed by atoms with E-state index >= 15 is 0 Å². The molecular weight excluding hydrogens is 316 g/mol. The number of hydrogen-bond donors (Lipinski definition) is 1. The van der Waals surface area contributed by atoms with Crippen LogP contribution in [0.2, 0.25) is 0 Å². The maximum absolute atomic E-state index is 11.8. The summed E-state index contributed by atoms with van der Waals surface area (Å²) >= 11 is 0. The van der Waals surface area contributed by atoms with E-state index in [1.807, 2.05) is 42.5 Å². The van der Waals surface area contributed by atoms with Gasteiger partial charge in [-0.1, -0.05) is 42.5 Å². The Morgan fingerprint density at radius 3 is 2.24 bits per heavy atom. The third-order valence-corrected chi connectivity index (χ3v) is 4.69. The molecule has 1 N–H and O–H groups in total. The molecule has 0 spiro atoms. The Labute approximate surface area is 148 Å². The van der Waals surface area contributed by atoms with Crippen LogP contribution in [0.15, 0.2) is 54.6 Å². The summed E-state index contributed by atoms with van der Waals surface area (Å²) in [4.78, 5) is 16.2. The normalized spacial score (nSPS) is 17.2. The molecule has 1 saturated heterocycles. The fraction of sp³-hybridized carbons (Fsp3) is 0.350. The van der Waals surface area contributed by atoms with Crippen LogP contribution in [0.4, 0.5) is 0 Å². The third-order valence-electron chi connectivity index (χ3n) is 4.69. The standard InChI is InChI=1S/C20H24N2O3/c1-25-18-9-7-16(8-10-18)15-21-11-13-22(14-12-21)19(20(23)24)17-5-3-2-4-6-17/h2-10,19H,11-15H2,1H3,(H,23,24). The Balaban J connectivity index is 1.59. The van der Waals surface area contributed by atoms with Crippen LogP contribution in [0.1, 0.15) is 17.2 Å². The number of carboxylic acids is 1. The molecule has 2 aromatic carbocycles. The van der Waals surface area contributed by atoms with Crippen LogP contribution in [0, 0.1) is 0 Å². The highest BCUT2D eigenvalue weighted by atomic mass is 16.5. The number of methoxy groups -OCH3 is 1. The number of carbonyl (C=O) groups is 1. The first kappa shape index (κ1) is 17.5. The SMILES string of the molecule is COc1ccc(CN2CCN(C(C(=O)O)c3ccccc3)CC2)cc1. The maximum atomic E-state index is 11.8. The van der Waals surface area contributed by atoms with Gasteiger partial charge in [0.15, 0.2) is 0 Å². The first-order valence-corrected chi connectivity index (χ1v) is 8.54. The van der Waals surface area contributed by atoms with E-state index in [2.05, 4.69) is 21.9 Å². The molecule has 0 aliphatic carbocycles. The van der Waals surface area contributed by atoms with Crippen LogP contribution in [-0.4, -0.2) is 54.2 Å². The number of ether oxygens (including phenoxy) is 1. The monoisotopic (exact) mass is 340 g/mol. The molecule has 1 atom stereocenters. The summed E-state index contributed by atoms with van der Waals surface area (Å²) in [7, 11) is 1.67. The number of aliphatic carboxylic acids is 1. The lowest BCUT2D eigenvalue weighted by Crippen LogP contribution is -2.48. The summed E-state index contributed by atoms with van der Waals surface area (Å²) in [5.41, 5.74) is 2.09. The summed E-state index contributed by atoms with van der Waals surface area (Å²) in [6, 6.07) is 17.0. The van der Waals surface area contributed by atoms with Crippen LogP contribution in [0.3, 0.4) is 0 Å². The van der Waals surface area contributed by atoms with Gasteiger partial charge >= 0.3 is 5.97 Å².